The number of rotatable bonds is 6. The third-order valence-corrected chi connectivity index (χ3v) is 6.06. The molecule has 0 aliphatic carbocycles. The van der Waals surface area contributed by atoms with E-state index in [0.717, 1.165) is 41.8 Å². The predicted molar refractivity (Wildman–Crippen MR) is 129 cm³/mol. The van der Waals surface area contributed by atoms with Gasteiger partial charge in [0.1, 0.15) is 11.6 Å². The number of hydrogen-bond donors (Lipinski definition) is 0. The van der Waals surface area contributed by atoms with Gasteiger partial charge in [0.2, 0.25) is 5.95 Å². The van der Waals surface area contributed by atoms with Gasteiger partial charge in [-0.15, -0.1) is 0 Å². The predicted octanol–water partition coefficient (Wildman–Crippen LogP) is 5.04. The van der Waals surface area contributed by atoms with Crippen LogP contribution < -0.4 is 14.7 Å². The summed E-state index contributed by atoms with van der Waals surface area (Å²) in [4.78, 5) is 19.6. The molecule has 9 heteroatoms. The van der Waals surface area contributed by atoms with E-state index in [4.69, 9.17) is 9.97 Å². The summed E-state index contributed by atoms with van der Waals surface area (Å²) in [6, 6.07) is 12.6. The number of nitrogens with zero attached hydrogens (tertiary/aromatic N) is 6. The van der Waals surface area contributed by atoms with Gasteiger partial charge < -0.3 is 14.7 Å². The monoisotopic (exact) mass is 470 g/mol. The first-order valence-corrected chi connectivity index (χ1v) is 11.5. The van der Waals surface area contributed by atoms with Gasteiger partial charge in [0.15, 0.2) is 0 Å². The lowest BCUT2D eigenvalue weighted by Crippen LogP contribution is -2.47. The SMILES string of the molecule is CCN(CC)c1nc(-c2cccc(C)c2)cc(N2CCN(c3ncccc3C(F)(F)F)CC2)n1. The third kappa shape index (κ3) is 5.08. The van der Waals surface area contributed by atoms with Crippen LogP contribution >= 0.6 is 0 Å². The average Bonchev–Trinajstić information content (AvgIpc) is 2.84. The van der Waals surface area contributed by atoms with Crippen molar-refractivity contribution in [3.63, 3.8) is 0 Å². The van der Waals surface area contributed by atoms with Crippen LogP contribution in [0.15, 0.2) is 48.7 Å². The van der Waals surface area contributed by atoms with E-state index in [1.54, 1.807) is 4.90 Å². The first-order valence-electron chi connectivity index (χ1n) is 11.5. The van der Waals surface area contributed by atoms with Gasteiger partial charge >= 0.3 is 6.18 Å². The van der Waals surface area contributed by atoms with Crippen molar-refractivity contribution in [2.24, 2.45) is 0 Å². The van der Waals surface area contributed by atoms with E-state index in [1.807, 2.05) is 31.2 Å². The van der Waals surface area contributed by atoms with E-state index in [9.17, 15) is 13.2 Å². The number of hydrogen-bond acceptors (Lipinski definition) is 6. The zero-order valence-corrected chi connectivity index (χ0v) is 19.7. The molecule has 180 valence electrons. The minimum absolute atomic E-state index is 0.0124. The van der Waals surface area contributed by atoms with Crippen LogP contribution in [-0.2, 0) is 6.18 Å². The Morgan fingerprint density at radius 2 is 1.62 bits per heavy atom. The van der Waals surface area contributed by atoms with Crippen molar-refractivity contribution >= 4 is 17.6 Å². The summed E-state index contributed by atoms with van der Waals surface area (Å²) in [6.45, 7) is 9.65. The molecule has 0 bridgehead atoms. The molecule has 4 rings (SSSR count). The van der Waals surface area contributed by atoms with Gasteiger partial charge in [-0.2, -0.15) is 18.2 Å². The fourth-order valence-electron chi connectivity index (χ4n) is 4.20. The lowest BCUT2D eigenvalue weighted by atomic mass is 10.1. The first kappa shape index (κ1) is 23.8. The van der Waals surface area contributed by atoms with Crippen molar-refractivity contribution in [1.82, 2.24) is 15.0 Å². The van der Waals surface area contributed by atoms with Gasteiger partial charge in [0.05, 0.1) is 11.3 Å². The normalized spacial score (nSPS) is 14.4. The molecule has 1 aliphatic rings. The van der Waals surface area contributed by atoms with Crippen LogP contribution in [0.1, 0.15) is 25.0 Å². The standard InChI is InChI=1S/C25H29F3N6/c1-4-32(5-2)24-30-21(19-9-6-8-18(3)16-19)17-22(31-24)33-12-14-34(15-13-33)23-20(25(26,27)28)10-7-11-29-23/h6-11,16-17H,4-5,12-15H2,1-3H3. The quantitative estimate of drug-likeness (QED) is 0.503. The molecule has 0 radical (unpaired) electrons. The maximum Gasteiger partial charge on any atom is 0.419 e. The zero-order chi connectivity index (χ0) is 24.3. The van der Waals surface area contributed by atoms with Gasteiger partial charge in [0, 0.05) is 57.1 Å². The second-order valence-corrected chi connectivity index (χ2v) is 8.30. The van der Waals surface area contributed by atoms with Crippen molar-refractivity contribution in [1.29, 1.82) is 0 Å². The lowest BCUT2D eigenvalue weighted by molar-refractivity contribution is -0.137. The molecule has 1 saturated heterocycles. The Bertz CT molecular complexity index is 1120. The molecule has 1 aromatic carbocycles. The summed E-state index contributed by atoms with van der Waals surface area (Å²) < 4.78 is 40.4. The highest BCUT2D eigenvalue weighted by Crippen LogP contribution is 2.35. The van der Waals surface area contributed by atoms with Crippen LogP contribution in [0.3, 0.4) is 0 Å². The largest absolute Gasteiger partial charge is 0.419 e. The second-order valence-electron chi connectivity index (χ2n) is 8.30. The van der Waals surface area contributed by atoms with Crippen LogP contribution in [-0.4, -0.2) is 54.2 Å². The average molecular weight is 471 g/mol. The molecule has 0 N–H and O–H groups in total. The number of aryl methyl sites for hydroxylation is 1. The molecule has 3 aromatic rings. The van der Waals surface area contributed by atoms with E-state index in [-0.39, 0.29) is 5.82 Å². The fourth-order valence-corrected chi connectivity index (χ4v) is 4.20. The molecule has 34 heavy (non-hydrogen) atoms. The molecule has 1 aliphatic heterocycles. The number of piperazine rings is 1. The number of aromatic nitrogens is 3. The van der Waals surface area contributed by atoms with E-state index >= 15 is 0 Å². The zero-order valence-electron chi connectivity index (χ0n) is 19.7. The third-order valence-electron chi connectivity index (χ3n) is 6.06. The second kappa shape index (κ2) is 9.87. The van der Waals surface area contributed by atoms with Gasteiger partial charge in [-0.1, -0.05) is 23.8 Å². The summed E-state index contributed by atoms with van der Waals surface area (Å²) in [7, 11) is 0. The highest BCUT2D eigenvalue weighted by molar-refractivity contribution is 5.66. The Morgan fingerprint density at radius 3 is 2.26 bits per heavy atom. The lowest BCUT2D eigenvalue weighted by Gasteiger charge is -2.37. The van der Waals surface area contributed by atoms with E-state index in [2.05, 4.69) is 34.7 Å². The molecular weight excluding hydrogens is 441 g/mol. The molecule has 3 heterocycles. The van der Waals surface area contributed by atoms with Gasteiger partial charge in [-0.3, -0.25) is 0 Å². The van der Waals surface area contributed by atoms with Crippen LogP contribution in [0.25, 0.3) is 11.3 Å². The van der Waals surface area contributed by atoms with E-state index in [0.29, 0.717) is 32.1 Å². The highest BCUT2D eigenvalue weighted by Gasteiger charge is 2.36. The molecule has 1 fully saturated rings. The molecule has 0 saturated carbocycles. The Labute approximate surface area is 198 Å². The fraction of sp³-hybridized carbons (Fsp3) is 0.400. The van der Waals surface area contributed by atoms with Crippen molar-refractivity contribution in [3.05, 3.63) is 59.8 Å². The molecule has 0 atom stereocenters. The summed E-state index contributed by atoms with van der Waals surface area (Å²) in [5.74, 6) is 1.43. The smallest absolute Gasteiger partial charge is 0.353 e. The minimum atomic E-state index is -4.44. The van der Waals surface area contributed by atoms with Crippen molar-refractivity contribution in [3.8, 4) is 11.3 Å². The van der Waals surface area contributed by atoms with E-state index < -0.39 is 11.7 Å². The summed E-state index contributed by atoms with van der Waals surface area (Å²) in [5, 5.41) is 0. The van der Waals surface area contributed by atoms with Gasteiger partial charge in [0.25, 0.3) is 0 Å². The van der Waals surface area contributed by atoms with Crippen molar-refractivity contribution in [2.75, 3.05) is 54.0 Å². The van der Waals surface area contributed by atoms with Crippen LogP contribution in [0.4, 0.5) is 30.8 Å². The number of alkyl halides is 3. The number of anilines is 3. The molecule has 6 nitrogen and oxygen atoms in total. The van der Waals surface area contributed by atoms with Crippen LogP contribution in [0.5, 0.6) is 0 Å². The molecule has 2 aromatic heterocycles. The maximum absolute atomic E-state index is 13.5. The van der Waals surface area contributed by atoms with Gasteiger partial charge in [-0.25, -0.2) is 9.97 Å². The summed E-state index contributed by atoms with van der Waals surface area (Å²) in [6.07, 6.45) is -3.03. The number of benzene rings is 1. The van der Waals surface area contributed by atoms with Crippen LogP contribution in [0, 0.1) is 6.92 Å². The Balaban J connectivity index is 1.62. The van der Waals surface area contributed by atoms with Gasteiger partial charge in [-0.05, 0) is 39.0 Å². The Morgan fingerprint density at radius 1 is 0.912 bits per heavy atom. The first-order chi connectivity index (χ1) is 16.3. The number of halogens is 3. The van der Waals surface area contributed by atoms with Crippen molar-refractivity contribution in [2.45, 2.75) is 26.9 Å². The Kier molecular flexibility index (Phi) is 6.90. The van der Waals surface area contributed by atoms with Crippen LogP contribution in [0.2, 0.25) is 0 Å². The molecular formula is C25H29F3N6. The topological polar surface area (TPSA) is 48.4 Å². The molecule has 0 amide bonds. The van der Waals surface area contributed by atoms with E-state index in [1.165, 1.54) is 12.3 Å². The summed E-state index contributed by atoms with van der Waals surface area (Å²) in [5.41, 5.74) is 2.30. The highest BCUT2D eigenvalue weighted by atomic mass is 19.4. The molecule has 0 unspecified atom stereocenters. The summed E-state index contributed by atoms with van der Waals surface area (Å²) >= 11 is 0. The Hall–Kier alpha value is -3.36. The number of pyridine rings is 1. The van der Waals surface area contributed by atoms with Crippen molar-refractivity contribution < 1.29 is 13.2 Å². The minimum Gasteiger partial charge on any atom is -0.353 e. The maximum atomic E-state index is 13.5. The molecule has 0 spiro atoms.